The van der Waals surface area contributed by atoms with Gasteiger partial charge in [-0.15, -0.1) is 0 Å². The highest BCUT2D eigenvalue weighted by atomic mass is 16.5. The number of carbonyl (C=O) groups is 1. The molecular formula is C21H23N5O2. The first-order valence-electron chi connectivity index (χ1n) is 9.45. The lowest BCUT2D eigenvalue weighted by molar-refractivity contribution is 0.248. The summed E-state index contributed by atoms with van der Waals surface area (Å²) in [7, 11) is 1.64. The number of aromatic nitrogens is 2. The van der Waals surface area contributed by atoms with Crippen molar-refractivity contribution in [3.05, 3.63) is 48.7 Å². The van der Waals surface area contributed by atoms with Crippen LogP contribution < -0.4 is 20.7 Å². The maximum absolute atomic E-state index is 12.2. The van der Waals surface area contributed by atoms with E-state index < -0.39 is 0 Å². The van der Waals surface area contributed by atoms with Crippen LogP contribution in [0.2, 0.25) is 0 Å². The Hall–Kier alpha value is -3.35. The maximum atomic E-state index is 12.2. The zero-order valence-corrected chi connectivity index (χ0v) is 15.7. The number of fused-ring (bicyclic) bond motifs is 1. The molecule has 0 radical (unpaired) electrons. The maximum Gasteiger partial charge on any atom is 0.320 e. The molecule has 0 unspecified atom stereocenters. The average Bonchev–Trinajstić information content (AvgIpc) is 3.21. The van der Waals surface area contributed by atoms with Gasteiger partial charge in [-0.3, -0.25) is 10.3 Å². The second kappa shape index (κ2) is 8.12. The van der Waals surface area contributed by atoms with Crippen molar-refractivity contribution in [3.8, 4) is 5.75 Å². The third kappa shape index (κ3) is 4.31. The van der Waals surface area contributed by atoms with Crippen LogP contribution in [0.1, 0.15) is 25.7 Å². The Morgan fingerprint density at radius 2 is 1.82 bits per heavy atom. The van der Waals surface area contributed by atoms with Gasteiger partial charge in [0.25, 0.3) is 0 Å². The fraction of sp³-hybridized carbons (Fsp3) is 0.286. The summed E-state index contributed by atoms with van der Waals surface area (Å²) in [6.07, 6.45) is 6.20. The Kier molecular flexibility index (Phi) is 5.23. The minimum Gasteiger partial charge on any atom is -0.497 e. The molecule has 3 N–H and O–H groups in total. The van der Waals surface area contributed by atoms with Crippen molar-refractivity contribution in [1.82, 2.24) is 15.3 Å². The minimum atomic E-state index is -0.209. The van der Waals surface area contributed by atoms with Crippen LogP contribution in [0.15, 0.2) is 48.7 Å². The van der Waals surface area contributed by atoms with Gasteiger partial charge >= 0.3 is 6.03 Å². The first kappa shape index (κ1) is 18.0. The van der Waals surface area contributed by atoms with Gasteiger partial charge in [0.05, 0.1) is 30.0 Å². The summed E-state index contributed by atoms with van der Waals surface area (Å²) in [5, 5.41) is 9.12. The van der Waals surface area contributed by atoms with Gasteiger partial charge in [0.1, 0.15) is 11.6 Å². The highest BCUT2D eigenvalue weighted by Gasteiger charge is 2.17. The van der Waals surface area contributed by atoms with Crippen LogP contribution in [0.3, 0.4) is 0 Å². The van der Waals surface area contributed by atoms with Crippen LogP contribution >= 0.6 is 0 Å². The summed E-state index contributed by atoms with van der Waals surface area (Å²) in [5.41, 5.74) is 3.21. The topological polar surface area (TPSA) is 88.2 Å². The summed E-state index contributed by atoms with van der Waals surface area (Å²) >= 11 is 0. The molecule has 144 valence electrons. The molecule has 1 aliphatic rings. The standard InChI is InChI=1S/C21H23N5O2/c1-28-17-8-6-15(7-9-17)23-16-12-19-18(22-13-16)10-11-20(25-19)26-21(27)24-14-4-2-3-5-14/h6-14,23H,2-5H2,1H3,(H2,24,25,26,27). The van der Waals surface area contributed by atoms with E-state index in [1.165, 1.54) is 12.8 Å². The number of anilines is 3. The molecular weight excluding hydrogens is 354 g/mol. The molecule has 1 fully saturated rings. The van der Waals surface area contributed by atoms with Gasteiger partial charge < -0.3 is 15.4 Å². The monoisotopic (exact) mass is 377 g/mol. The van der Waals surface area contributed by atoms with Crippen LogP contribution in [0, 0.1) is 0 Å². The minimum absolute atomic E-state index is 0.209. The van der Waals surface area contributed by atoms with Gasteiger partial charge in [-0.1, -0.05) is 12.8 Å². The number of hydrogen-bond donors (Lipinski definition) is 3. The largest absolute Gasteiger partial charge is 0.497 e. The average molecular weight is 377 g/mol. The van der Waals surface area contributed by atoms with E-state index >= 15 is 0 Å². The highest BCUT2D eigenvalue weighted by molar-refractivity contribution is 5.90. The van der Waals surface area contributed by atoms with Crippen LogP contribution in [-0.2, 0) is 0 Å². The summed E-state index contributed by atoms with van der Waals surface area (Å²) in [5.74, 6) is 1.31. The second-order valence-corrected chi connectivity index (χ2v) is 6.89. The van der Waals surface area contributed by atoms with Crippen molar-refractivity contribution in [2.45, 2.75) is 31.7 Å². The number of carbonyl (C=O) groups excluding carboxylic acids is 1. The van der Waals surface area contributed by atoms with Crippen molar-refractivity contribution in [2.75, 3.05) is 17.7 Å². The van der Waals surface area contributed by atoms with E-state index in [0.29, 0.717) is 11.3 Å². The summed E-state index contributed by atoms with van der Waals surface area (Å²) < 4.78 is 5.17. The van der Waals surface area contributed by atoms with Gasteiger partial charge in [0.15, 0.2) is 0 Å². The molecule has 7 heteroatoms. The number of ether oxygens (including phenoxy) is 1. The summed E-state index contributed by atoms with van der Waals surface area (Å²) in [4.78, 5) is 21.1. The Bertz CT molecular complexity index is 968. The molecule has 1 aliphatic carbocycles. The van der Waals surface area contributed by atoms with E-state index in [1.54, 1.807) is 19.4 Å². The summed E-state index contributed by atoms with van der Waals surface area (Å²) in [6, 6.07) is 13.2. The Balaban J connectivity index is 1.47. The van der Waals surface area contributed by atoms with Crippen molar-refractivity contribution in [1.29, 1.82) is 0 Å². The molecule has 2 heterocycles. The van der Waals surface area contributed by atoms with E-state index in [0.717, 1.165) is 35.5 Å². The smallest absolute Gasteiger partial charge is 0.320 e. The Morgan fingerprint density at radius 3 is 2.57 bits per heavy atom. The zero-order valence-electron chi connectivity index (χ0n) is 15.7. The molecule has 1 aromatic carbocycles. The molecule has 28 heavy (non-hydrogen) atoms. The highest BCUT2D eigenvalue weighted by Crippen LogP contribution is 2.23. The van der Waals surface area contributed by atoms with Crippen molar-refractivity contribution in [2.24, 2.45) is 0 Å². The van der Waals surface area contributed by atoms with Gasteiger partial charge in [-0.05, 0) is 55.3 Å². The molecule has 0 bridgehead atoms. The number of pyridine rings is 2. The molecule has 4 rings (SSSR count). The number of nitrogens with one attached hydrogen (secondary N) is 3. The summed E-state index contributed by atoms with van der Waals surface area (Å²) in [6.45, 7) is 0. The van der Waals surface area contributed by atoms with Crippen LogP contribution in [0.4, 0.5) is 22.0 Å². The van der Waals surface area contributed by atoms with Gasteiger partial charge in [-0.2, -0.15) is 0 Å². The van der Waals surface area contributed by atoms with Gasteiger partial charge in [0, 0.05) is 11.7 Å². The number of benzene rings is 1. The number of amides is 2. The molecule has 0 spiro atoms. The molecule has 2 aromatic heterocycles. The Labute approximate surface area is 163 Å². The molecule has 2 amide bonds. The first-order valence-corrected chi connectivity index (χ1v) is 9.45. The molecule has 1 saturated carbocycles. The lowest BCUT2D eigenvalue weighted by atomic mass is 10.2. The molecule has 7 nitrogen and oxygen atoms in total. The lowest BCUT2D eigenvalue weighted by Gasteiger charge is -2.13. The fourth-order valence-electron chi connectivity index (χ4n) is 3.39. The van der Waals surface area contributed by atoms with E-state index in [4.69, 9.17) is 4.74 Å². The number of rotatable bonds is 5. The van der Waals surface area contributed by atoms with Gasteiger partial charge in [-0.25, -0.2) is 9.78 Å². The van der Waals surface area contributed by atoms with Crippen molar-refractivity contribution >= 4 is 34.3 Å². The number of hydrogen-bond acceptors (Lipinski definition) is 5. The number of urea groups is 1. The third-order valence-electron chi connectivity index (χ3n) is 4.85. The Morgan fingerprint density at radius 1 is 1.04 bits per heavy atom. The normalized spacial score (nSPS) is 14.0. The quantitative estimate of drug-likeness (QED) is 0.611. The van der Waals surface area contributed by atoms with E-state index in [9.17, 15) is 4.79 Å². The predicted octanol–water partition coefficient (Wildman–Crippen LogP) is 4.45. The molecule has 0 saturated heterocycles. The van der Waals surface area contributed by atoms with E-state index in [1.807, 2.05) is 36.4 Å². The van der Waals surface area contributed by atoms with Gasteiger partial charge in [0.2, 0.25) is 0 Å². The van der Waals surface area contributed by atoms with Crippen LogP contribution in [0.25, 0.3) is 11.0 Å². The zero-order chi connectivity index (χ0) is 19.3. The van der Waals surface area contributed by atoms with Crippen LogP contribution in [-0.4, -0.2) is 29.2 Å². The number of nitrogens with zero attached hydrogens (tertiary/aromatic N) is 2. The molecule has 3 aromatic rings. The first-order chi connectivity index (χ1) is 13.7. The molecule has 0 aliphatic heterocycles. The van der Waals surface area contributed by atoms with E-state index in [2.05, 4.69) is 25.9 Å². The number of methoxy groups -OCH3 is 1. The fourth-order valence-corrected chi connectivity index (χ4v) is 3.39. The SMILES string of the molecule is COc1ccc(Nc2cnc3ccc(NC(=O)NC4CCCC4)nc3c2)cc1. The lowest BCUT2D eigenvalue weighted by Crippen LogP contribution is -2.36. The third-order valence-corrected chi connectivity index (χ3v) is 4.85. The second-order valence-electron chi connectivity index (χ2n) is 6.89. The van der Waals surface area contributed by atoms with Crippen molar-refractivity contribution in [3.63, 3.8) is 0 Å². The molecule has 0 atom stereocenters. The van der Waals surface area contributed by atoms with E-state index in [-0.39, 0.29) is 12.1 Å². The predicted molar refractivity (Wildman–Crippen MR) is 110 cm³/mol. The van der Waals surface area contributed by atoms with Crippen LogP contribution in [0.5, 0.6) is 5.75 Å². The van der Waals surface area contributed by atoms with Crippen molar-refractivity contribution < 1.29 is 9.53 Å².